The number of nitrogens with one attached hydrogen (secondary N) is 2. The second kappa shape index (κ2) is 8.75. The summed E-state index contributed by atoms with van der Waals surface area (Å²) in [6.07, 6.45) is 0.338. The van der Waals surface area contributed by atoms with Crippen molar-refractivity contribution in [3.63, 3.8) is 0 Å². The van der Waals surface area contributed by atoms with Gasteiger partial charge in [-0.15, -0.1) is 0 Å². The molecule has 0 saturated carbocycles. The van der Waals surface area contributed by atoms with Gasteiger partial charge in [0.25, 0.3) is 0 Å². The first-order valence-corrected chi connectivity index (χ1v) is 11.8. The molecule has 0 radical (unpaired) electrons. The van der Waals surface area contributed by atoms with Crippen molar-refractivity contribution >= 4 is 40.6 Å². The minimum atomic E-state index is -0.821. The smallest absolute Gasteiger partial charge is 0.322 e. The number of rotatable bonds is 2. The van der Waals surface area contributed by atoms with E-state index < -0.39 is 12.1 Å². The lowest BCUT2D eigenvalue weighted by Crippen LogP contribution is -2.47. The topological polar surface area (TPSA) is 84.8 Å². The standard InChI is InChI=1S/C25H29Cl2N3O3/c1-13(2)28-24(33)30-18-6-5-7-19(31)22(18)29-17-11-25(3,4)12-20(32)21(17)23(30)15-9-8-14(26)10-16(15)27/h5-10,13,20,23,29,31-32H,11-12H2,1-4H3,(H,28,33). The number of phenolic OH excluding ortho intramolecular Hbond substituents is 1. The first kappa shape index (κ1) is 23.7. The Bertz CT molecular complexity index is 1130. The van der Waals surface area contributed by atoms with Gasteiger partial charge in [-0.2, -0.15) is 0 Å². The largest absolute Gasteiger partial charge is 0.506 e. The van der Waals surface area contributed by atoms with E-state index in [4.69, 9.17) is 23.2 Å². The number of hydrogen-bond acceptors (Lipinski definition) is 4. The molecule has 2 amide bonds. The maximum Gasteiger partial charge on any atom is 0.322 e. The summed E-state index contributed by atoms with van der Waals surface area (Å²) >= 11 is 12.8. The fourth-order valence-corrected chi connectivity index (χ4v) is 5.32. The molecule has 0 bridgehead atoms. The molecule has 2 unspecified atom stereocenters. The van der Waals surface area contributed by atoms with Gasteiger partial charge in [-0.25, -0.2) is 4.79 Å². The summed E-state index contributed by atoms with van der Waals surface area (Å²) in [5, 5.41) is 29.3. The van der Waals surface area contributed by atoms with Crippen molar-refractivity contribution in [2.24, 2.45) is 5.41 Å². The molecule has 2 aliphatic rings. The number of halogens is 2. The van der Waals surface area contributed by atoms with E-state index in [1.807, 2.05) is 13.8 Å². The fraction of sp³-hybridized carbons (Fsp3) is 0.400. The molecule has 2 aromatic rings. The second-order valence-corrected chi connectivity index (χ2v) is 10.7. The lowest BCUT2D eigenvalue weighted by molar-refractivity contribution is 0.122. The van der Waals surface area contributed by atoms with Gasteiger partial charge >= 0.3 is 6.03 Å². The first-order valence-electron chi connectivity index (χ1n) is 11.0. The van der Waals surface area contributed by atoms with Crippen LogP contribution < -0.4 is 15.5 Å². The van der Waals surface area contributed by atoms with Crippen LogP contribution in [0.1, 0.15) is 52.1 Å². The number of allylic oxidation sites excluding steroid dienone is 1. The number of anilines is 2. The van der Waals surface area contributed by atoms with Crippen LogP contribution in [-0.2, 0) is 0 Å². The Kier molecular flexibility index (Phi) is 6.29. The Labute approximate surface area is 204 Å². The molecular weight excluding hydrogens is 461 g/mol. The van der Waals surface area contributed by atoms with Crippen LogP contribution in [0.2, 0.25) is 10.0 Å². The maximum absolute atomic E-state index is 13.6. The van der Waals surface area contributed by atoms with Gasteiger partial charge < -0.3 is 20.8 Å². The SMILES string of the molecule is CC(C)NC(=O)N1c2cccc(O)c2NC2=C(C(O)CC(C)(C)C2)C1c1ccc(Cl)cc1Cl. The van der Waals surface area contributed by atoms with Crippen molar-refractivity contribution in [2.75, 3.05) is 10.2 Å². The van der Waals surface area contributed by atoms with Gasteiger partial charge in [0, 0.05) is 27.4 Å². The van der Waals surface area contributed by atoms with Gasteiger partial charge in [-0.1, -0.05) is 49.2 Å². The molecule has 2 atom stereocenters. The zero-order valence-electron chi connectivity index (χ0n) is 19.1. The molecule has 33 heavy (non-hydrogen) atoms. The van der Waals surface area contributed by atoms with E-state index >= 15 is 0 Å². The summed E-state index contributed by atoms with van der Waals surface area (Å²) in [4.78, 5) is 15.2. The highest BCUT2D eigenvalue weighted by Gasteiger charge is 2.44. The molecule has 176 valence electrons. The molecule has 1 aliphatic carbocycles. The molecule has 4 N–H and O–H groups in total. The average Bonchev–Trinajstić information content (AvgIpc) is 2.82. The number of aliphatic hydroxyl groups excluding tert-OH is 1. The van der Waals surface area contributed by atoms with Crippen molar-refractivity contribution < 1.29 is 15.0 Å². The quantitative estimate of drug-likeness (QED) is 0.377. The number of carbonyl (C=O) groups is 1. The number of aliphatic hydroxyl groups is 1. The number of hydrogen-bond donors (Lipinski definition) is 4. The number of carbonyl (C=O) groups excluding carboxylic acids is 1. The molecule has 0 fully saturated rings. The lowest BCUT2D eigenvalue weighted by atomic mass is 9.72. The van der Waals surface area contributed by atoms with E-state index in [1.54, 1.807) is 41.3 Å². The molecule has 6 nitrogen and oxygen atoms in total. The molecule has 4 rings (SSSR count). The number of phenols is 1. The number of nitrogens with zero attached hydrogens (tertiary/aromatic N) is 1. The van der Waals surface area contributed by atoms with Gasteiger partial charge in [0.05, 0.1) is 17.8 Å². The first-order chi connectivity index (χ1) is 15.5. The Morgan fingerprint density at radius 1 is 1.24 bits per heavy atom. The van der Waals surface area contributed by atoms with E-state index in [9.17, 15) is 15.0 Å². The summed E-state index contributed by atoms with van der Waals surface area (Å²) in [5.74, 6) is 0.0161. The number of para-hydroxylation sites is 1. The molecule has 0 saturated heterocycles. The zero-order chi connectivity index (χ0) is 24.1. The van der Waals surface area contributed by atoms with Gasteiger partial charge in [0.1, 0.15) is 11.4 Å². The molecule has 2 aromatic carbocycles. The number of benzene rings is 2. The van der Waals surface area contributed by atoms with E-state index in [0.29, 0.717) is 45.4 Å². The Hall–Kier alpha value is -2.41. The normalized spacial score (nSPS) is 21.8. The summed E-state index contributed by atoms with van der Waals surface area (Å²) in [5.41, 5.74) is 2.80. The Morgan fingerprint density at radius 3 is 2.64 bits per heavy atom. The van der Waals surface area contributed by atoms with Crippen molar-refractivity contribution in [3.8, 4) is 5.75 Å². The second-order valence-electron chi connectivity index (χ2n) is 9.83. The number of urea groups is 1. The molecule has 1 heterocycles. The lowest BCUT2D eigenvalue weighted by Gasteiger charge is -2.41. The van der Waals surface area contributed by atoms with Crippen molar-refractivity contribution in [3.05, 3.63) is 63.3 Å². The Morgan fingerprint density at radius 2 is 1.97 bits per heavy atom. The summed E-state index contributed by atoms with van der Waals surface area (Å²) in [6.45, 7) is 7.94. The highest BCUT2D eigenvalue weighted by Crippen LogP contribution is 2.52. The van der Waals surface area contributed by atoms with E-state index in [0.717, 1.165) is 5.70 Å². The van der Waals surface area contributed by atoms with Crippen LogP contribution in [0.25, 0.3) is 0 Å². The zero-order valence-corrected chi connectivity index (χ0v) is 20.6. The van der Waals surface area contributed by atoms with Crippen LogP contribution in [-0.4, -0.2) is 28.4 Å². The predicted octanol–water partition coefficient (Wildman–Crippen LogP) is 6.23. The molecule has 1 aliphatic heterocycles. The van der Waals surface area contributed by atoms with Gasteiger partial charge in [-0.3, -0.25) is 4.90 Å². The number of fused-ring (bicyclic) bond motifs is 1. The third-order valence-electron chi connectivity index (χ3n) is 6.11. The minimum absolute atomic E-state index is 0.0161. The van der Waals surface area contributed by atoms with Crippen molar-refractivity contribution in [1.82, 2.24) is 5.32 Å². The summed E-state index contributed by atoms with van der Waals surface area (Å²) in [6, 6.07) is 9.00. The van der Waals surface area contributed by atoms with Crippen LogP contribution >= 0.6 is 23.2 Å². The Balaban J connectivity index is 2.04. The monoisotopic (exact) mass is 489 g/mol. The number of aromatic hydroxyl groups is 1. The maximum atomic E-state index is 13.6. The van der Waals surface area contributed by atoms with Crippen molar-refractivity contribution in [1.29, 1.82) is 0 Å². The summed E-state index contributed by atoms with van der Waals surface area (Å²) in [7, 11) is 0. The van der Waals surface area contributed by atoms with E-state index in [2.05, 4.69) is 24.5 Å². The highest BCUT2D eigenvalue weighted by atomic mass is 35.5. The van der Waals surface area contributed by atoms with Gasteiger partial charge in [0.2, 0.25) is 0 Å². The molecule has 0 spiro atoms. The van der Waals surface area contributed by atoms with Crippen LogP contribution in [0.4, 0.5) is 16.2 Å². The predicted molar refractivity (Wildman–Crippen MR) is 133 cm³/mol. The third-order valence-corrected chi connectivity index (χ3v) is 6.67. The summed E-state index contributed by atoms with van der Waals surface area (Å²) < 4.78 is 0. The number of amides is 2. The molecule has 0 aromatic heterocycles. The van der Waals surface area contributed by atoms with Crippen LogP contribution in [0, 0.1) is 5.41 Å². The molecular formula is C25H29Cl2N3O3. The average molecular weight is 490 g/mol. The molecule has 8 heteroatoms. The van der Waals surface area contributed by atoms with Crippen LogP contribution in [0.5, 0.6) is 5.75 Å². The van der Waals surface area contributed by atoms with Crippen LogP contribution in [0.3, 0.4) is 0 Å². The van der Waals surface area contributed by atoms with E-state index in [1.165, 1.54) is 0 Å². The fourth-order valence-electron chi connectivity index (χ4n) is 4.81. The van der Waals surface area contributed by atoms with E-state index in [-0.39, 0.29) is 23.2 Å². The highest BCUT2D eigenvalue weighted by molar-refractivity contribution is 6.35. The third kappa shape index (κ3) is 4.52. The van der Waals surface area contributed by atoms with Crippen molar-refractivity contribution in [2.45, 2.75) is 58.7 Å². The van der Waals surface area contributed by atoms with Gasteiger partial charge in [0.15, 0.2) is 0 Å². The van der Waals surface area contributed by atoms with Gasteiger partial charge in [-0.05, 0) is 61.9 Å². The van der Waals surface area contributed by atoms with Crippen LogP contribution in [0.15, 0.2) is 47.7 Å². The minimum Gasteiger partial charge on any atom is -0.506 e.